The van der Waals surface area contributed by atoms with E-state index in [1.54, 1.807) is 0 Å². The fourth-order valence-corrected chi connectivity index (χ4v) is 4.37. The predicted octanol–water partition coefficient (Wildman–Crippen LogP) is 10.8. The van der Waals surface area contributed by atoms with Gasteiger partial charge in [0.15, 0.2) is 0 Å². The first-order valence-electron chi connectivity index (χ1n) is 12.0. The molecule has 0 fully saturated rings. The summed E-state index contributed by atoms with van der Waals surface area (Å²) in [5.74, 6) is 1.00. The zero-order chi connectivity index (χ0) is 25.0. The summed E-state index contributed by atoms with van der Waals surface area (Å²) in [6.07, 6.45) is 0. The van der Waals surface area contributed by atoms with Gasteiger partial charge in [0, 0.05) is 0 Å². The Morgan fingerprint density at radius 1 is 0.735 bits per heavy atom. The SMILES string of the molecule is CC(C)c1cc(-c2c(-c3ccccc3)ccc3[cH-]c(C(C)(C)C)cc23)cc(C(C)C)c1.[Cl][Zr][Cl]. The second kappa shape index (κ2) is 11.6. The van der Waals surface area contributed by atoms with Gasteiger partial charge in [0.05, 0.1) is 0 Å². The van der Waals surface area contributed by atoms with E-state index in [1.807, 2.05) is 0 Å². The molecule has 0 aromatic heterocycles. The molecule has 0 nitrogen and oxygen atoms in total. The molecule has 0 saturated carbocycles. The van der Waals surface area contributed by atoms with Crippen molar-refractivity contribution in [3.05, 3.63) is 89.5 Å². The maximum absolute atomic E-state index is 4.93. The molecule has 3 heteroatoms. The van der Waals surface area contributed by atoms with Crippen LogP contribution in [-0.2, 0) is 26.3 Å². The number of hydrogen-bond donors (Lipinski definition) is 0. The van der Waals surface area contributed by atoms with Crippen LogP contribution < -0.4 is 0 Å². The Morgan fingerprint density at radius 3 is 1.79 bits per heavy atom. The Balaban J connectivity index is 0.00000103. The van der Waals surface area contributed by atoms with Crippen LogP contribution in [0.1, 0.15) is 77.0 Å². The summed E-state index contributed by atoms with van der Waals surface area (Å²) < 4.78 is 0. The Hall–Kier alpha value is -1.27. The third kappa shape index (κ3) is 6.29. The first-order valence-corrected chi connectivity index (χ1v) is 18.3. The summed E-state index contributed by atoms with van der Waals surface area (Å²) in [7, 11) is 9.87. The molecule has 0 N–H and O–H groups in total. The monoisotopic (exact) mass is 567 g/mol. The zero-order valence-electron chi connectivity index (χ0n) is 21.3. The van der Waals surface area contributed by atoms with Crippen molar-refractivity contribution in [1.29, 1.82) is 0 Å². The van der Waals surface area contributed by atoms with Gasteiger partial charge in [-0.05, 0) is 45.1 Å². The summed E-state index contributed by atoms with van der Waals surface area (Å²) >= 11 is -0.826. The fraction of sp³-hybridized carbons (Fsp3) is 0.323. The van der Waals surface area contributed by atoms with E-state index in [0.717, 1.165) is 0 Å². The Kier molecular flexibility index (Phi) is 9.36. The second-order valence-electron chi connectivity index (χ2n) is 10.6. The summed E-state index contributed by atoms with van der Waals surface area (Å²) in [6, 6.07) is 27.5. The number of rotatable bonds is 4. The van der Waals surface area contributed by atoms with E-state index in [9.17, 15) is 0 Å². The molecular formula is C31H35Cl2Zr-. The van der Waals surface area contributed by atoms with Crippen molar-refractivity contribution in [3.8, 4) is 22.3 Å². The minimum atomic E-state index is -0.826. The van der Waals surface area contributed by atoms with Gasteiger partial charge in [-0.2, -0.15) is 6.07 Å². The number of halogens is 2. The van der Waals surface area contributed by atoms with Gasteiger partial charge >= 0.3 is 37.9 Å². The molecule has 178 valence electrons. The molecule has 34 heavy (non-hydrogen) atoms. The van der Waals surface area contributed by atoms with E-state index in [0.29, 0.717) is 11.8 Å². The standard InChI is InChI=1S/C31H35.2ClH.Zr/c1-20(2)24-15-25(21(3)4)17-26(16-24)30-28(22-11-9-8-10-12-22)14-13-23-18-27(19-29(23)30)31(5,6)7;;;/h8-21H,1-7H3;2*1H;/q-1;;;+2/p-2. The van der Waals surface area contributed by atoms with Crippen LogP contribution in [0.4, 0.5) is 0 Å². The van der Waals surface area contributed by atoms with Crippen LogP contribution >= 0.6 is 17.0 Å². The van der Waals surface area contributed by atoms with Crippen molar-refractivity contribution in [1.82, 2.24) is 0 Å². The van der Waals surface area contributed by atoms with Crippen LogP contribution in [0.5, 0.6) is 0 Å². The van der Waals surface area contributed by atoms with E-state index in [2.05, 4.69) is 121 Å². The minimum absolute atomic E-state index is 0.131. The van der Waals surface area contributed by atoms with Crippen LogP contribution in [0.2, 0.25) is 0 Å². The van der Waals surface area contributed by atoms with Crippen molar-refractivity contribution in [3.63, 3.8) is 0 Å². The van der Waals surface area contributed by atoms with Crippen molar-refractivity contribution in [2.75, 3.05) is 0 Å². The molecular weight excluding hydrogens is 534 g/mol. The van der Waals surface area contributed by atoms with Crippen LogP contribution in [0.25, 0.3) is 33.0 Å². The van der Waals surface area contributed by atoms with Gasteiger partial charge in [0.2, 0.25) is 0 Å². The van der Waals surface area contributed by atoms with Crippen molar-refractivity contribution in [2.24, 2.45) is 0 Å². The molecule has 0 heterocycles. The van der Waals surface area contributed by atoms with Gasteiger partial charge in [-0.25, -0.2) is 0 Å². The molecule has 0 aliphatic carbocycles. The summed E-state index contributed by atoms with van der Waals surface area (Å²) in [4.78, 5) is 0. The van der Waals surface area contributed by atoms with E-state index in [1.165, 1.54) is 49.7 Å². The first kappa shape index (κ1) is 27.3. The summed E-state index contributed by atoms with van der Waals surface area (Å²) in [5, 5.41) is 2.70. The maximum atomic E-state index is 4.93. The number of fused-ring (bicyclic) bond motifs is 1. The summed E-state index contributed by atoms with van der Waals surface area (Å²) in [6.45, 7) is 16.1. The first-order chi connectivity index (χ1) is 16.1. The van der Waals surface area contributed by atoms with Crippen molar-refractivity contribution < 1.29 is 20.8 Å². The molecule has 0 amide bonds. The average Bonchev–Trinajstić information content (AvgIpc) is 3.24. The van der Waals surface area contributed by atoms with Crippen LogP contribution in [0.15, 0.2) is 72.8 Å². The van der Waals surface area contributed by atoms with E-state index >= 15 is 0 Å². The Labute approximate surface area is 224 Å². The Bertz CT molecular complexity index is 1200. The van der Waals surface area contributed by atoms with Gasteiger partial charge in [-0.15, -0.1) is 28.5 Å². The van der Waals surface area contributed by atoms with Crippen LogP contribution in [0.3, 0.4) is 0 Å². The summed E-state index contributed by atoms with van der Waals surface area (Å²) in [5.41, 5.74) is 9.66. The normalized spacial score (nSPS) is 11.6. The van der Waals surface area contributed by atoms with Crippen LogP contribution in [-0.4, -0.2) is 0 Å². The molecule has 4 aromatic carbocycles. The topological polar surface area (TPSA) is 0 Å². The zero-order valence-corrected chi connectivity index (χ0v) is 25.3. The predicted molar refractivity (Wildman–Crippen MR) is 149 cm³/mol. The molecule has 4 aromatic rings. The van der Waals surface area contributed by atoms with Crippen LogP contribution in [0, 0.1) is 0 Å². The van der Waals surface area contributed by atoms with Crippen molar-refractivity contribution in [2.45, 2.75) is 65.7 Å². The molecule has 0 saturated heterocycles. The molecule has 0 aliphatic rings. The van der Waals surface area contributed by atoms with Gasteiger partial charge in [-0.3, -0.25) is 0 Å². The second-order valence-corrected chi connectivity index (χ2v) is 14.4. The van der Waals surface area contributed by atoms with Gasteiger partial charge in [0.25, 0.3) is 0 Å². The fourth-order valence-electron chi connectivity index (χ4n) is 4.37. The number of benzene rings is 3. The van der Waals surface area contributed by atoms with Crippen molar-refractivity contribution >= 4 is 27.8 Å². The van der Waals surface area contributed by atoms with E-state index in [-0.39, 0.29) is 5.41 Å². The quantitative estimate of drug-likeness (QED) is 0.215. The molecule has 0 bridgehead atoms. The van der Waals surface area contributed by atoms with Gasteiger partial charge < -0.3 is 0 Å². The third-order valence-corrected chi connectivity index (χ3v) is 6.44. The molecule has 0 radical (unpaired) electrons. The van der Waals surface area contributed by atoms with Gasteiger partial charge in [-0.1, -0.05) is 109 Å². The van der Waals surface area contributed by atoms with Gasteiger partial charge in [0.1, 0.15) is 0 Å². The number of hydrogen-bond acceptors (Lipinski definition) is 0. The van der Waals surface area contributed by atoms with E-state index in [4.69, 9.17) is 17.0 Å². The Morgan fingerprint density at radius 2 is 1.29 bits per heavy atom. The average molecular weight is 570 g/mol. The third-order valence-electron chi connectivity index (χ3n) is 6.44. The molecule has 4 rings (SSSR count). The molecule has 0 aliphatic heterocycles. The molecule has 0 atom stereocenters. The van der Waals surface area contributed by atoms with E-state index < -0.39 is 20.8 Å². The molecule has 0 unspecified atom stereocenters. The molecule has 0 spiro atoms.